The maximum atomic E-state index is 5.05. The van der Waals surface area contributed by atoms with Crippen LogP contribution in [0.3, 0.4) is 0 Å². The van der Waals surface area contributed by atoms with E-state index in [1.807, 2.05) is 0 Å². The summed E-state index contributed by atoms with van der Waals surface area (Å²) in [4.78, 5) is 5.03. The Hall–Kier alpha value is 0.780. The number of rotatable bonds is 0. The third kappa shape index (κ3) is 6.31. The quantitative estimate of drug-likeness (QED) is 0.448. The Balaban J connectivity index is 2.00. The van der Waals surface area contributed by atoms with E-state index >= 15 is 0 Å². The fourth-order valence-corrected chi connectivity index (χ4v) is 3.15. The van der Waals surface area contributed by atoms with Gasteiger partial charge in [0.25, 0.3) is 0 Å². The normalized spacial score (nSPS) is 28.0. The molecular formula is C8H18O2P2. The van der Waals surface area contributed by atoms with Crippen LogP contribution in [0.25, 0.3) is 0 Å². The average Bonchev–Trinajstić information content (AvgIpc) is 2.05. The highest BCUT2D eigenvalue weighted by Gasteiger charge is 1.96. The molecule has 0 bridgehead atoms. The molecule has 12 heavy (non-hydrogen) atoms. The highest BCUT2D eigenvalue weighted by Crippen LogP contribution is 2.38. The van der Waals surface area contributed by atoms with Gasteiger partial charge in [-0.3, -0.25) is 0 Å². The van der Waals surface area contributed by atoms with Crippen molar-refractivity contribution in [2.45, 2.75) is 38.5 Å². The van der Waals surface area contributed by atoms with Gasteiger partial charge in [0.05, 0.1) is 15.1 Å². The minimum atomic E-state index is 0.583. The third-order valence-electron chi connectivity index (χ3n) is 1.95. The lowest BCUT2D eigenvalue weighted by Crippen LogP contribution is -1.91. The van der Waals surface area contributed by atoms with Crippen molar-refractivity contribution >= 4 is 16.8 Å². The van der Waals surface area contributed by atoms with Gasteiger partial charge in [-0.25, -0.2) is 9.56 Å². The second-order valence-electron chi connectivity index (χ2n) is 3.06. The molecule has 0 N–H and O–H groups in total. The molecule has 0 amide bonds. The molecule has 1 fully saturated rings. The molecule has 1 aliphatic rings. The predicted octanol–water partition coefficient (Wildman–Crippen LogP) is 3.48. The van der Waals surface area contributed by atoms with Crippen molar-refractivity contribution in [3.8, 4) is 0 Å². The maximum Gasteiger partial charge on any atom is 0.0825 e. The highest BCUT2D eigenvalue weighted by molar-refractivity contribution is 8.09. The average molecular weight is 208 g/mol. The van der Waals surface area contributed by atoms with Crippen molar-refractivity contribution in [3.05, 3.63) is 0 Å². The van der Waals surface area contributed by atoms with Crippen molar-refractivity contribution in [3.63, 3.8) is 0 Å². The molecule has 0 radical (unpaired) electrons. The van der Waals surface area contributed by atoms with Crippen molar-refractivity contribution in [2.75, 3.05) is 12.8 Å². The molecule has 1 aliphatic heterocycles. The van der Waals surface area contributed by atoms with Crippen molar-refractivity contribution in [2.24, 2.45) is 0 Å². The molecular weight excluding hydrogens is 190 g/mol. The summed E-state index contributed by atoms with van der Waals surface area (Å²) >= 11 is 0. The maximum absolute atomic E-state index is 5.05. The van der Waals surface area contributed by atoms with E-state index in [2.05, 4.69) is 0 Å². The molecule has 2 nitrogen and oxygen atoms in total. The first kappa shape index (κ1) is 10.9. The van der Waals surface area contributed by atoms with Crippen LogP contribution in [0.2, 0.25) is 0 Å². The Labute approximate surface area is 78.3 Å². The highest BCUT2D eigenvalue weighted by atomic mass is 32.0. The van der Waals surface area contributed by atoms with Gasteiger partial charge in [0, 0.05) is 0 Å². The van der Waals surface area contributed by atoms with Crippen LogP contribution < -0.4 is 0 Å². The molecule has 0 aromatic carbocycles. The van der Waals surface area contributed by atoms with Crippen LogP contribution in [-0.2, 0) is 9.56 Å². The van der Waals surface area contributed by atoms with E-state index in [-0.39, 0.29) is 0 Å². The lowest BCUT2D eigenvalue weighted by atomic mass is 10.1. The molecule has 4 heteroatoms. The first-order chi connectivity index (χ1) is 6.00. The molecule has 2 atom stereocenters. The van der Waals surface area contributed by atoms with Gasteiger partial charge in [0.2, 0.25) is 0 Å². The van der Waals surface area contributed by atoms with E-state index in [1.165, 1.54) is 38.3 Å². The standard InChI is InChI=1S/C8H18O2P2/c1-2-4-6-8-11-12-10-9-7-5-3-1/h11-12H,1-8H2. The van der Waals surface area contributed by atoms with Crippen LogP contribution in [0.15, 0.2) is 0 Å². The summed E-state index contributed by atoms with van der Waals surface area (Å²) in [6.07, 6.45) is 9.38. The van der Waals surface area contributed by atoms with Crippen LogP contribution in [0.5, 0.6) is 0 Å². The zero-order chi connectivity index (χ0) is 8.49. The number of hydrogen-bond acceptors (Lipinski definition) is 2. The number of hydrogen-bond donors (Lipinski definition) is 0. The second kappa shape index (κ2) is 8.38. The summed E-state index contributed by atoms with van der Waals surface area (Å²) in [5.41, 5.74) is 0. The molecule has 0 saturated carbocycles. The summed E-state index contributed by atoms with van der Waals surface area (Å²) in [7, 11) is 1.54. The second-order valence-corrected chi connectivity index (χ2v) is 5.95. The van der Waals surface area contributed by atoms with Crippen LogP contribution in [0.1, 0.15) is 38.5 Å². The molecule has 1 heterocycles. The van der Waals surface area contributed by atoms with Crippen LogP contribution in [0, 0.1) is 0 Å². The fourth-order valence-electron chi connectivity index (χ4n) is 1.23. The zero-order valence-corrected chi connectivity index (χ0v) is 9.47. The van der Waals surface area contributed by atoms with Gasteiger partial charge in [-0.2, -0.15) is 0 Å². The summed E-state index contributed by atoms with van der Waals surface area (Å²) in [6.45, 7) is 0.789. The van der Waals surface area contributed by atoms with Gasteiger partial charge < -0.3 is 0 Å². The smallest absolute Gasteiger partial charge is 0.0825 e. The Kier molecular flexibility index (Phi) is 7.58. The lowest BCUT2D eigenvalue weighted by molar-refractivity contribution is -0.194. The minimum Gasteiger partial charge on any atom is -0.233 e. The Bertz CT molecular complexity index is 58.0. The molecule has 0 spiro atoms. The molecule has 0 aliphatic carbocycles. The van der Waals surface area contributed by atoms with Gasteiger partial charge in [0.1, 0.15) is 0 Å². The zero-order valence-electron chi connectivity index (χ0n) is 7.47. The summed E-state index contributed by atoms with van der Waals surface area (Å²) in [5.74, 6) is 0. The Morgan fingerprint density at radius 1 is 0.833 bits per heavy atom. The topological polar surface area (TPSA) is 18.5 Å². The van der Waals surface area contributed by atoms with E-state index in [0.29, 0.717) is 8.50 Å². The molecule has 1 rings (SSSR count). The van der Waals surface area contributed by atoms with Crippen LogP contribution in [0.4, 0.5) is 0 Å². The van der Waals surface area contributed by atoms with Crippen molar-refractivity contribution in [1.82, 2.24) is 0 Å². The minimum absolute atomic E-state index is 0.583. The Morgan fingerprint density at radius 3 is 2.50 bits per heavy atom. The summed E-state index contributed by atoms with van der Waals surface area (Å²) < 4.78 is 5.05. The molecule has 0 aromatic heterocycles. The monoisotopic (exact) mass is 208 g/mol. The largest absolute Gasteiger partial charge is 0.233 e. The summed E-state index contributed by atoms with van der Waals surface area (Å²) in [5, 5.41) is 0. The van der Waals surface area contributed by atoms with E-state index in [9.17, 15) is 0 Å². The first-order valence-electron chi connectivity index (χ1n) is 4.76. The van der Waals surface area contributed by atoms with E-state index < -0.39 is 0 Å². The van der Waals surface area contributed by atoms with Gasteiger partial charge in [-0.1, -0.05) is 34.0 Å². The van der Waals surface area contributed by atoms with Crippen molar-refractivity contribution in [1.29, 1.82) is 0 Å². The fraction of sp³-hybridized carbons (Fsp3) is 1.00. The van der Waals surface area contributed by atoms with Gasteiger partial charge >= 0.3 is 0 Å². The van der Waals surface area contributed by atoms with E-state index in [4.69, 9.17) is 9.56 Å². The van der Waals surface area contributed by atoms with Gasteiger partial charge in [-0.15, -0.1) is 0 Å². The van der Waals surface area contributed by atoms with Crippen molar-refractivity contribution < 1.29 is 9.56 Å². The Morgan fingerprint density at radius 2 is 1.58 bits per heavy atom. The molecule has 2 unspecified atom stereocenters. The van der Waals surface area contributed by atoms with E-state index in [0.717, 1.165) is 21.3 Å². The lowest BCUT2D eigenvalue weighted by Gasteiger charge is -2.06. The van der Waals surface area contributed by atoms with Gasteiger partial charge in [-0.05, 0) is 19.0 Å². The molecule has 72 valence electrons. The SMILES string of the molecule is C1CCCCPPOOCCC1. The predicted molar refractivity (Wildman–Crippen MR) is 56.2 cm³/mol. The van der Waals surface area contributed by atoms with Crippen LogP contribution in [-0.4, -0.2) is 12.8 Å². The van der Waals surface area contributed by atoms with Gasteiger partial charge in [0.15, 0.2) is 0 Å². The molecule has 0 aromatic rings. The van der Waals surface area contributed by atoms with Crippen LogP contribution >= 0.6 is 16.8 Å². The molecule has 1 saturated heterocycles. The van der Waals surface area contributed by atoms with E-state index in [1.54, 1.807) is 0 Å². The third-order valence-corrected chi connectivity index (χ3v) is 4.33. The summed E-state index contributed by atoms with van der Waals surface area (Å²) in [6, 6.07) is 0. The first-order valence-corrected chi connectivity index (χ1v) is 7.88.